The topological polar surface area (TPSA) is 57.2 Å². The minimum Gasteiger partial charge on any atom is -0.390 e. The van der Waals surface area contributed by atoms with Crippen LogP contribution in [0.15, 0.2) is 121 Å². The van der Waals surface area contributed by atoms with Gasteiger partial charge in [0, 0.05) is 6.04 Å². The molecule has 1 N–H and O–H groups in total. The molecule has 0 bridgehead atoms. The molecule has 0 radical (unpaired) electrons. The first kappa shape index (κ1) is 30.4. The standard InChI is InChI=1S/C36H42O5Si/c37-35-22-21-30(25-36(35)38-26-31-13-5-1-6-14-31)23-24-42(39-27-32-15-7-2-8-16-32,40-28-33-17-9-3-10-18-33)41-29-34-19-11-4-12-20-34/h1-20,30,35-37H,21-29H2. The number of rotatable bonds is 15. The fraction of sp³-hybridized carbons (Fsp3) is 0.333. The van der Waals surface area contributed by atoms with E-state index < -0.39 is 14.9 Å². The van der Waals surface area contributed by atoms with E-state index in [1.807, 2.05) is 72.8 Å². The summed E-state index contributed by atoms with van der Waals surface area (Å²) in [5.74, 6) is 0.391. The van der Waals surface area contributed by atoms with Crippen LogP contribution in [0.4, 0.5) is 0 Å². The van der Waals surface area contributed by atoms with Crippen LogP contribution in [0.1, 0.15) is 47.9 Å². The zero-order chi connectivity index (χ0) is 28.9. The minimum atomic E-state index is -3.14. The molecular weight excluding hydrogens is 540 g/mol. The van der Waals surface area contributed by atoms with Crippen molar-refractivity contribution in [3.8, 4) is 0 Å². The molecule has 0 saturated heterocycles. The van der Waals surface area contributed by atoms with Gasteiger partial charge in [-0.3, -0.25) is 0 Å². The van der Waals surface area contributed by atoms with Crippen LogP contribution in [-0.2, 0) is 44.4 Å². The summed E-state index contributed by atoms with van der Waals surface area (Å²) in [5.41, 5.74) is 4.40. The summed E-state index contributed by atoms with van der Waals surface area (Å²) in [6.07, 6.45) is 2.77. The van der Waals surface area contributed by atoms with Crippen LogP contribution in [0.2, 0.25) is 6.04 Å². The highest BCUT2D eigenvalue weighted by Crippen LogP contribution is 2.34. The number of ether oxygens (including phenoxy) is 1. The molecule has 4 aromatic carbocycles. The minimum absolute atomic E-state index is 0.180. The second kappa shape index (κ2) is 15.9. The van der Waals surface area contributed by atoms with Gasteiger partial charge in [0.25, 0.3) is 0 Å². The van der Waals surface area contributed by atoms with E-state index in [2.05, 4.69) is 48.5 Å². The first-order valence-electron chi connectivity index (χ1n) is 15.0. The summed E-state index contributed by atoms with van der Waals surface area (Å²) in [7, 11) is -3.14. The van der Waals surface area contributed by atoms with E-state index in [1.54, 1.807) is 0 Å². The molecular formula is C36H42O5Si. The maximum atomic E-state index is 10.7. The fourth-order valence-electron chi connectivity index (χ4n) is 5.44. The highest BCUT2D eigenvalue weighted by Gasteiger charge is 2.43. The summed E-state index contributed by atoms with van der Waals surface area (Å²) in [6.45, 7) is 1.81. The van der Waals surface area contributed by atoms with Gasteiger partial charge in [0.2, 0.25) is 0 Å². The molecule has 4 aromatic rings. The van der Waals surface area contributed by atoms with Gasteiger partial charge in [0.1, 0.15) is 0 Å². The van der Waals surface area contributed by atoms with Crippen LogP contribution in [0, 0.1) is 5.92 Å². The Morgan fingerprint density at radius 3 is 1.38 bits per heavy atom. The smallest absolute Gasteiger partial charge is 0.390 e. The van der Waals surface area contributed by atoms with Crippen LogP contribution in [-0.4, -0.2) is 26.1 Å². The summed E-state index contributed by atoms with van der Waals surface area (Å²) in [4.78, 5) is 0. The molecule has 3 unspecified atom stereocenters. The third-order valence-corrected chi connectivity index (χ3v) is 10.6. The molecule has 0 aromatic heterocycles. The second-order valence-corrected chi connectivity index (χ2v) is 13.9. The average molecular weight is 583 g/mol. The Morgan fingerprint density at radius 1 is 0.548 bits per heavy atom. The molecule has 6 heteroatoms. The molecule has 0 spiro atoms. The van der Waals surface area contributed by atoms with Crippen molar-refractivity contribution in [2.75, 3.05) is 0 Å². The summed E-state index contributed by atoms with van der Waals surface area (Å²) < 4.78 is 26.4. The largest absolute Gasteiger partial charge is 0.501 e. The van der Waals surface area contributed by atoms with Crippen molar-refractivity contribution in [3.05, 3.63) is 144 Å². The van der Waals surface area contributed by atoms with Gasteiger partial charge >= 0.3 is 8.80 Å². The molecule has 1 saturated carbocycles. The SMILES string of the molecule is OC1CCC(CC[Si](OCc2ccccc2)(OCc2ccccc2)OCc2ccccc2)CC1OCc1ccccc1. The first-order valence-corrected chi connectivity index (χ1v) is 17.0. The Balaban J connectivity index is 1.29. The van der Waals surface area contributed by atoms with Gasteiger partial charge in [-0.1, -0.05) is 121 Å². The van der Waals surface area contributed by atoms with Crippen LogP contribution >= 0.6 is 0 Å². The lowest BCUT2D eigenvalue weighted by Gasteiger charge is -2.35. The number of aliphatic hydroxyl groups excluding tert-OH is 1. The molecule has 5 nitrogen and oxygen atoms in total. The van der Waals surface area contributed by atoms with Gasteiger partial charge in [-0.2, -0.15) is 0 Å². The monoisotopic (exact) mass is 582 g/mol. The average Bonchev–Trinajstić information content (AvgIpc) is 3.06. The van der Waals surface area contributed by atoms with Crippen molar-refractivity contribution in [2.45, 2.75) is 70.4 Å². The molecule has 1 aliphatic rings. The Morgan fingerprint density at radius 2 is 0.952 bits per heavy atom. The maximum Gasteiger partial charge on any atom is 0.501 e. The van der Waals surface area contributed by atoms with Crippen molar-refractivity contribution in [1.29, 1.82) is 0 Å². The lowest BCUT2D eigenvalue weighted by molar-refractivity contribution is -0.0792. The summed E-state index contributed by atoms with van der Waals surface area (Å²) in [5, 5.41) is 10.7. The van der Waals surface area contributed by atoms with Gasteiger partial charge in [0.15, 0.2) is 0 Å². The summed E-state index contributed by atoms with van der Waals surface area (Å²) in [6, 6.07) is 41.5. The molecule has 0 heterocycles. The van der Waals surface area contributed by atoms with E-state index in [9.17, 15) is 5.11 Å². The van der Waals surface area contributed by atoms with Gasteiger partial charge in [0.05, 0.1) is 38.6 Å². The van der Waals surface area contributed by atoms with Crippen molar-refractivity contribution in [2.24, 2.45) is 5.92 Å². The van der Waals surface area contributed by atoms with E-state index >= 15 is 0 Å². The lowest BCUT2D eigenvalue weighted by Crippen LogP contribution is -2.46. The number of hydrogen-bond donors (Lipinski definition) is 1. The predicted molar refractivity (Wildman–Crippen MR) is 167 cm³/mol. The van der Waals surface area contributed by atoms with Crippen LogP contribution in [0.3, 0.4) is 0 Å². The van der Waals surface area contributed by atoms with Crippen molar-refractivity contribution < 1.29 is 23.1 Å². The Labute approximate surface area is 251 Å². The van der Waals surface area contributed by atoms with Gasteiger partial charge in [-0.05, 0) is 53.9 Å². The molecule has 1 aliphatic carbocycles. The molecule has 0 amide bonds. The Hall–Kier alpha value is -3.10. The van der Waals surface area contributed by atoms with Gasteiger partial charge < -0.3 is 23.1 Å². The van der Waals surface area contributed by atoms with Crippen LogP contribution in [0.25, 0.3) is 0 Å². The van der Waals surface area contributed by atoms with Crippen LogP contribution < -0.4 is 0 Å². The molecule has 5 rings (SSSR count). The number of benzene rings is 4. The Kier molecular flexibility index (Phi) is 11.5. The fourth-order valence-corrected chi connectivity index (χ4v) is 8.04. The van der Waals surface area contributed by atoms with Crippen LogP contribution in [0.5, 0.6) is 0 Å². The second-order valence-electron chi connectivity index (χ2n) is 11.1. The molecule has 42 heavy (non-hydrogen) atoms. The quantitative estimate of drug-likeness (QED) is 0.146. The Bertz CT molecular complexity index is 1180. The van der Waals surface area contributed by atoms with Crippen molar-refractivity contribution in [3.63, 3.8) is 0 Å². The maximum absolute atomic E-state index is 10.7. The van der Waals surface area contributed by atoms with E-state index in [4.69, 9.17) is 18.0 Å². The zero-order valence-electron chi connectivity index (χ0n) is 24.2. The van der Waals surface area contributed by atoms with E-state index in [1.165, 1.54) is 0 Å². The summed E-state index contributed by atoms with van der Waals surface area (Å²) >= 11 is 0. The highest BCUT2D eigenvalue weighted by atomic mass is 28.4. The highest BCUT2D eigenvalue weighted by molar-refractivity contribution is 6.60. The van der Waals surface area contributed by atoms with E-state index in [0.717, 1.165) is 47.9 Å². The van der Waals surface area contributed by atoms with Gasteiger partial charge in [-0.15, -0.1) is 0 Å². The van der Waals surface area contributed by atoms with E-state index in [-0.39, 0.29) is 6.10 Å². The lowest BCUT2D eigenvalue weighted by atomic mass is 9.84. The molecule has 3 atom stereocenters. The number of aliphatic hydroxyl groups is 1. The third kappa shape index (κ3) is 9.46. The van der Waals surface area contributed by atoms with Gasteiger partial charge in [-0.25, -0.2) is 0 Å². The molecule has 1 fully saturated rings. The molecule has 0 aliphatic heterocycles. The zero-order valence-corrected chi connectivity index (χ0v) is 25.2. The number of hydrogen-bond acceptors (Lipinski definition) is 5. The normalized spacial score (nSPS) is 19.0. The van der Waals surface area contributed by atoms with E-state index in [0.29, 0.717) is 38.4 Å². The van der Waals surface area contributed by atoms with Crippen molar-refractivity contribution >= 4 is 8.80 Å². The molecule has 220 valence electrons. The van der Waals surface area contributed by atoms with Crippen molar-refractivity contribution in [1.82, 2.24) is 0 Å². The predicted octanol–water partition coefficient (Wildman–Crippen LogP) is 7.71. The first-order chi connectivity index (χ1) is 20.7. The third-order valence-electron chi connectivity index (χ3n) is 7.94.